The maximum atomic E-state index is 12.1. The topological polar surface area (TPSA) is 83.5 Å². The van der Waals surface area contributed by atoms with E-state index in [1.54, 1.807) is 0 Å². The zero-order valence-electron chi connectivity index (χ0n) is 12.1. The molecule has 3 fully saturated rings. The molecule has 3 rings (SSSR count). The van der Waals surface area contributed by atoms with Gasteiger partial charge in [0.05, 0.1) is 17.4 Å². The van der Waals surface area contributed by atoms with Crippen LogP contribution in [0.4, 0.5) is 0 Å². The summed E-state index contributed by atoms with van der Waals surface area (Å²) in [4.78, 5) is 25.8. The van der Waals surface area contributed by atoms with Crippen LogP contribution < -0.4 is 5.32 Å². The van der Waals surface area contributed by atoms with Gasteiger partial charge in [-0.1, -0.05) is 0 Å². The molecule has 0 spiro atoms. The van der Waals surface area contributed by atoms with Gasteiger partial charge in [-0.2, -0.15) is 0 Å². The Morgan fingerprint density at radius 3 is 2.62 bits per heavy atom. The summed E-state index contributed by atoms with van der Waals surface area (Å²) in [5, 5.41) is 2.83. The first-order valence-corrected chi connectivity index (χ1v) is 9.51. The standard InChI is InChI=1S/C14H22N2O4S/c17-13-5-12(8-16(13)7-10-1-2-10)14(18)15-6-11-3-4-21(19,20)9-11/h10-12H,1-9H2,(H,15,18)/t11-,12+/m0/s1. The van der Waals surface area contributed by atoms with Gasteiger partial charge in [-0.05, 0) is 31.1 Å². The molecule has 2 heterocycles. The fraction of sp³-hybridized carbons (Fsp3) is 0.857. The molecule has 0 aromatic rings. The lowest BCUT2D eigenvalue weighted by Gasteiger charge is -2.16. The van der Waals surface area contributed by atoms with E-state index in [2.05, 4.69) is 5.32 Å². The molecule has 6 nitrogen and oxygen atoms in total. The molecule has 0 aromatic carbocycles. The van der Waals surface area contributed by atoms with Gasteiger partial charge in [0.15, 0.2) is 9.84 Å². The van der Waals surface area contributed by atoms with Crippen molar-refractivity contribution in [2.24, 2.45) is 17.8 Å². The van der Waals surface area contributed by atoms with Crippen molar-refractivity contribution in [3.8, 4) is 0 Å². The third kappa shape index (κ3) is 3.75. The average molecular weight is 314 g/mol. The first kappa shape index (κ1) is 14.8. The normalized spacial score (nSPS) is 31.6. The lowest BCUT2D eigenvalue weighted by Crippen LogP contribution is -2.36. The van der Waals surface area contributed by atoms with Crippen LogP contribution in [0.5, 0.6) is 0 Å². The molecule has 1 aliphatic carbocycles. The van der Waals surface area contributed by atoms with Crippen LogP contribution in [0.2, 0.25) is 0 Å². The summed E-state index contributed by atoms with van der Waals surface area (Å²) in [5.41, 5.74) is 0. The van der Waals surface area contributed by atoms with Crippen molar-refractivity contribution in [1.29, 1.82) is 0 Å². The van der Waals surface area contributed by atoms with E-state index < -0.39 is 9.84 Å². The lowest BCUT2D eigenvalue weighted by atomic mass is 10.1. The van der Waals surface area contributed by atoms with Gasteiger partial charge in [0, 0.05) is 26.1 Å². The number of rotatable bonds is 5. The maximum Gasteiger partial charge on any atom is 0.225 e. The molecule has 1 N–H and O–H groups in total. The zero-order chi connectivity index (χ0) is 15.0. The van der Waals surface area contributed by atoms with Crippen LogP contribution in [0, 0.1) is 17.8 Å². The summed E-state index contributed by atoms with van der Waals surface area (Å²) in [6, 6.07) is 0. The molecule has 0 radical (unpaired) electrons. The number of carbonyl (C=O) groups is 2. The molecule has 7 heteroatoms. The number of hydrogen-bond donors (Lipinski definition) is 1. The molecule has 118 valence electrons. The Hall–Kier alpha value is -1.11. The highest BCUT2D eigenvalue weighted by Crippen LogP contribution is 2.32. The molecule has 3 aliphatic rings. The minimum atomic E-state index is -2.90. The van der Waals surface area contributed by atoms with E-state index in [0.29, 0.717) is 31.8 Å². The summed E-state index contributed by atoms with van der Waals surface area (Å²) in [5.74, 6) is 0.763. The van der Waals surface area contributed by atoms with Gasteiger partial charge >= 0.3 is 0 Å². The second kappa shape index (κ2) is 5.59. The minimum Gasteiger partial charge on any atom is -0.355 e. The zero-order valence-corrected chi connectivity index (χ0v) is 12.9. The number of carbonyl (C=O) groups excluding carboxylic acids is 2. The van der Waals surface area contributed by atoms with Gasteiger partial charge in [0.1, 0.15) is 0 Å². The van der Waals surface area contributed by atoms with E-state index in [1.807, 2.05) is 4.90 Å². The highest BCUT2D eigenvalue weighted by molar-refractivity contribution is 7.91. The molecular weight excluding hydrogens is 292 g/mol. The van der Waals surface area contributed by atoms with Gasteiger partial charge in [0.2, 0.25) is 11.8 Å². The van der Waals surface area contributed by atoms with Crippen LogP contribution in [-0.4, -0.2) is 56.3 Å². The Morgan fingerprint density at radius 1 is 1.24 bits per heavy atom. The van der Waals surface area contributed by atoms with Gasteiger partial charge in [-0.3, -0.25) is 9.59 Å². The number of likely N-dealkylation sites (tertiary alicyclic amines) is 1. The number of nitrogens with one attached hydrogen (secondary N) is 1. The maximum absolute atomic E-state index is 12.1. The van der Waals surface area contributed by atoms with Crippen molar-refractivity contribution < 1.29 is 18.0 Å². The van der Waals surface area contributed by atoms with Crippen LogP contribution in [0.1, 0.15) is 25.7 Å². The van der Waals surface area contributed by atoms with E-state index >= 15 is 0 Å². The number of amides is 2. The first-order chi connectivity index (χ1) is 9.93. The molecule has 2 amide bonds. The molecule has 1 saturated carbocycles. The molecule has 2 saturated heterocycles. The van der Waals surface area contributed by atoms with Crippen LogP contribution >= 0.6 is 0 Å². The quantitative estimate of drug-likeness (QED) is 0.761. The van der Waals surface area contributed by atoms with E-state index in [9.17, 15) is 18.0 Å². The molecule has 2 aliphatic heterocycles. The van der Waals surface area contributed by atoms with Crippen molar-refractivity contribution in [2.45, 2.75) is 25.7 Å². The molecule has 21 heavy (non-hydrogen) atoms. The monoisotopic (exact) mass is 314 g/mol. The molecular formula is C14H22N2O4S. The predicted octanol–water partition coefficient (Wildman–Crippen LogP) is -0.204. The number of hydrogen-bond acceptors (Lipinski definition) is 4. The molecule has 0 unspecified atom stereocenters. The van der Waals surface area contributed by atoms with Crippen LogP contribution in [0.15, 0.2) is 0 Å². The summed E-state index contributed by atoms with van der Waals surface area (Å²) in [7, 11) is -2.90. The highest BCUT2D eigenvalue weighted by atomic mass is 32.2. The third-order valence-corrected chi connectivity index (χ3v) is 6.49. The van der Waals surface area contributed by atoms with Crippen molar-refractivity contribution in [1.82, 2.24) is 10.2 Å². The van der Waals surface area contributed by atoms with Crippen molar-refractivity contribution in [3.63, 3.8) is 0 Å². The van der Waals surface area contributed by atoms with E-state index in [4.69, 9.17) is 0 Å². The van der Waals surface area contributed by atoms with Gasteiger partial charge in [0.25, 0.3) is 0 Å². The fourth-order valence-electron chi connectivity index (χ4n) is 3.16. The van der Waals surface area contributed by atoms with E-state index in [-0.39, 0.29) is 35.2 Å². The smallest absolute Gasteiger partial charge is 0.225 e. The first-order valence-electron chi connectivity index (χ1n) is 7.69. The predicted molar refractivity (Wildman–Crippen MR) is 77.2 cm³/mol. The van der Waals surface area contributed by atoms with Gasteiger partial charge in [-0.15, -0.1) is 0 Å². The highest BCUT2D eigenvalue weighted by Gasteiger charge is 2.37. The number of sulfone groups is 1. The second-order valence-electron chi connectivity index (χ2n) is 6.66. The SMILES string of the molecule is O=C(NC[C@@H]1CCS(=O)(=O)C1)[C@@H]1CC(=O)N(CC2CC2)C1. The molecule has 0 aromatic heterocycles. The van der Waals surface area contributed by atoms with E-state index in [0.717, 1.165) is 6.54 Å². The summed E-state index contributed by atoms with van der Waals surface area (Å²) >= 11 is 0. The fourth-order valence-corrected chi connectivity index (χ4v) is 5.02. The Labute approximate surface area is 125 Å². The Morgan fingerprint density at radius 2 is 2.00 bits per heavy atom. The van der Waals surface area contributed by atoms with Gasteiger partial charge in [-0.25, -0.2) is 8.42 Å². The molecule has 0 bridgehead atoms. The third-order valence-electron chi connectivity index (χ3n) is 4.65. The Bertz CT molecular complexity index is 541. The van der Waals surface area contributed by atoms with Crippen LogP contribution in [-0.2, 0) is 19.4 Å². The van der Waals surface area contributed by atoms with E-state index in [1.165, 1.54) is 12.8 Å². The van der Waals surface area contributed by atoms with Crippen molar-refractivity contribution in [2.75, 3.05) is 31.1 Å². The van der Waals surface area contributed by atoms with Gasteiger partial charge < -0.3 is 10.2 Å². The van der Waals surface area contributed by atoms with Crippen LogP contribution in [0.25, 0.3) is 0 Å². The summed E-state index contributed by atoms with van der Waals surface area (Å²) in [6.07, 6.45) is 3.30. The Balaban J connectivity index is 1.44. The largest absolute Gasteiger partial charge is 0.355 e. The summed E-state index contributed by atoms with van der Waals surface area (Å²) < 4.78 is 22.7. The number of nitrogens with zero attached hydrogens (tertiary/aromatic N) is 1. The lowest BCUT2D eigenvalue weighted by molar-refractivity contribution is -0.129. The van der Waals surface area contributed by atoms with Crippen molar-refractivity contribution >= 4 is 21.7 Å². The van der Waals surface area contributed by atoms with Crippen LogP contribution in [0.3, 0.4) is 0 Å². The molecule has 2 atom stereocenters. The Kier molecular flexibility index (Phi) is 3.94. The minimum absolute atomic E-state index is 0.0265. The average Bonchev–Trinajstić information content (AvgIpc) is 3.06. The van der Waals surface area contributed by atoms with Crippen molar-refractivity contribution in [3.05, 3.63) is 0 Å². The summed E-state index contributed by atoms with van der Waals surface area (Å²) in [6.45, 7) is 1.72. The second-order valence-corrected chi connectivity index (χ2v) is 8.89.